The summed E-state index contributed by atoms with van der Waals surface area (Å²) in [6.45, 7) is 2.94. The number of aliphatic imine (C=N–C) groups is 1. The first-order valence-electron chi connectivity index (χ1n) is 10.4. The van der Waals surface area contributed by atoms with Gasteiger partial charge in [0.2, 0.25) is 17.7 Å². The molecule has 2 aliphatic heterocycles. The Morgan fingerprint density at radius 3 is 2.67 bits per heavy atom. The van der Waals surface area contributed by atoms with Crippen molar-refractivity contribution in [1.82, 2.24) is 24.5 Å². The molecule has 4 heterocycles. The first-order chi connectivity index (χ1) is 15.8. The summed E-state index contributed by atoms with van der Waals surface area (Å²) in [5, 5.41) is 8.50. The number of fused-ring (bicyclic) bond motifs is 2. The SMILES string of the molecule is Cc1cc2n(n1)CCC(/C=N\C(=O)c1nc3n(n1)CCN3c1c(F)cccc1F)C(=O)N2C. The van der Waals surface area contributed by atoms with Gasteiger partial charge in [0.25, 0.3) is 0 Å². The number of aromatic nitrogens is 5. The summed E-state index contributed by atoms with van der Waals surface area (Å²) in [5.41, 5.74) is 0.571. The van der Waals surface area contributed by atoms with Crippen LogP contribution in [0.2, 0.25) is 0 Å². The molecule has 1 aromatic carbocycles. The summed E-state index contributed by atoms with van der Waals surface area (Å²) in [7, 11) is 1.65. The van der Waals surface area contributed by atoms with Crippen molar-refractivity contribution in [3.63, 3.8) is 0 Å². The molecule has 0 N–H and O–H groups in total. The molecule has 10 nitrogen and oxygen atoms in total. The van der Waals surface area contributed by atoms with Crippen LogP contribution >= 0.6 is 0 Å². The molecule has 0 aliphatic carbocycles. The number of hydrogen-bond acceptors (Lipinski definition) is 6. The third-order valence-electron chi connectivity index (χ3n) is 5.72. The molecule has 12 heteroatoms. The van der Waals surface area contributed by atoms with Gasteiger partial charge < -0.3 is 4.90 Å². The molecule has 0 saturated carbocycles. The van der Waals surface area contributed by atoms with Gasteiger partial charge in [0.05, 0.1) is 18.2 Å². The van der Waals surface area contributed by atoms with Gasteiger partial charge in [-0.1, -0.05) is 6.07 Å². The smallest absolute Gasteiger partial charge is 0.304 e. The molecule has 0 radical (unpaired) electrons. The van der Waals surface area contributed by atoms with Gasteiger partial charge in [0.15, 0.2) is 0 Å². The molecule has 3 aromatic rings. The van der Waals surface area contributed by atoms with Gasteiger partial charge in [0.1, 0.15) is 23.1 Å². The van der Waals surface area contributed by atoms with Gasteiger partial charge in [-0.2, -0.15) is 10.1 Å². The minimum atomic E-state index is -0.737. The van der Waals surface area contributed by atoms with Gasteiger partial charge in [-0.3, -0.25) is 14.5 Å². The number of rotatable bonds is 3. The Balaban J connectivity index is 1.34. The zero-order chi connectivity index (χ0) is 23.3. The molecule has 170 valence electrons. The fourth-order valence-corrected chi connectivity index (χ4v) is 4.09. The second-order valence-corrected chi connectivity index (χ2v) is 7.92. The fourth-order valence-electron chi connectivity index (χ4n) is 4.09. The first-order valence-corrected chi connectivity index (χ1v) is 10.4. The second kappa shape index (κ2) is 7.87. The molecule has 1 unspecified atom stereocenters. The summed E-state index contributed by atoms with van der Waals surface area (Å²) >= 11 is 0. The number of aryl methyl sites for hydroxylation is 2. The van der Waals surface area contributed by atoms with Crippen LogP contribution in [0.15, 0.2) is 29.3 Å². The minimum Gasteiger partial charge on any atom is -0.304 e. The first kappa shape index (κ1) is 20.9. The Bertz CT molecular complexity index is 1280. The number of carbonyl (C=O) groups excluding carboxylic acids is 2. The van der Waals surface area contributed by atoms with E-state index < -0.39 is 23.5 Å². The molecule has 0 bridgehead atoms. The molecule has 0 saturated heterocycles. The standard InChI is InChI=1S/C21H20F2N8O2/c1-12-10-16-28(2)20(33)13(6-7-30(16)26-12)11-24-19(32)18-25-21-29(8-9-31(21)27-18)17-14(22)4-3-5-15(17)23/h3-5,10-11,13H,6-9H2,1-2H3/b24-11-. The van der Waals surface area contributed by atoms with Crippen molar-refractivity contribution >= 4 is 35.5 Å². The number of halogens is 2. The third-order valence-corrected chi connectivity index (χ3v) is 5.72. The van der Waals surface area contributed by atoms with Crippen LogP contribution in [0.25, 0.3) is 0 Å². The van der Waals surface area contributed by atoms with Crippen LogP contribution in [0, 0.1) is 24.5 Å². The maximum Gasteiger partial charge on any atom is 0.316 e. The predicted octanol–water partition coefficient (Wildman–Crippen LogP) is 2.11. The average molecular weight is 454 g/mol. The van der Waals surface area contributed by atoms with Gasteiger partial charge >= 0.3 is 5.91 Å². The molecule has 1 atom stereocenters. The zero-order valence-electron chi connectivity index (χ0n) is 17.9. The zero-order valence-corrected chi connectivity index (χ0v) is 17.9. The highest BCUT2D eigenvalue weighted by atomic mass is 19.1. The quantitative estimate of drug-likeness (QED) is 0.562. The van der Waals surface area contributed by atoms with Crippen LogP contribution in [-0.4, -0.2) is 56.2 Å². The van der Waals surface area contributed by atoms with E-state index in [2.05, 4.69) is 20.2 Å². The van der Waals surface area contributed by atoms with E-state index in [0.717, 1.165) is 17.8 Å². The largest absolute Gasteiger partial charge is 0.316 e. The molecule has 0 fully saturated rings. The topological polar surface area (TPSA) is 102 Å². The molecule has 0 spiro atoms. The molecule has 2 aliphatic rings. The Morgan fingerprint density at radius 1 is 1.15 bits per heavy atom. The lowest BCUT2D eigenvalue weighted by molar-refractivity contribution is -0.120. The summed E-state index contributed by atoms with van der Waals surface area (Å²) in [5.74, 6) is -2.38. The van der Waals surface area contributed by atoms with Gasteiger partial charge in [-0.05, 0) is 25.5 Å². The van der Waals surface area contributed by atoms with E-state index in [1.807, 2.05) is 13.0 Å². The Morgan fingerprint density at radius 2 is 1.91 bits per heavy atom. The van der Waals surface area contributed by atoms with E-state index in [0.29, 0.717) is 25.3 Å². The van der Waals surface area contributed by atoms with E-state index >= 15 is 0 Å². The van der Waals surface area contributed by atoms with Crippen LogP contribution in [-0.2, 0) is 17.9 Å². The Hall–Kier alpha value is -3.96. The number of nitrogens with zero attached hydrogens (tertiary/aromatic N) is 8. The molecular weight excluding hydrogens is 434 g/mol. The van der Waals surface area contributed by atoms with Crippen molar-refractivity contribution in [1.29, 1.82) is 0 Å². The number of benzene rings is 1. The van der Waals surface area contributed by atoms with Gasteiger partial charge in [-0.25, -0.2) is 23.1 Å². The van der Waals surface area contributed by atoms with Crippen molar-refractivity contribution in [2.45, 2.75) is 26.4 Å². The van der Waals surface area contributed by atoms with Crippen molar-refractivity contribution in [3.05, 3.63) is 47.4 Å². The number of para-hydroxylation sites is 1. The molecule has 33 heavy (non-hydrogen) atoms. The molecule has 2 amide bonds. The fraction of sp³-hybridized carbons (Fsp3) is 0.333. The van der Waals surface area contributed by atoms with Gasteiger partial charge in [0, 0.05) is 32.4 Å². The highest BCUT2D eigenvalue weighted by molar-refractivity contribution is 6.06. The lowest BCUT2D eigenvalue weighted by atomic mass is 10.1. The second-order valence-electron chi connectivity index (χ2n) is 7.92. The summed E-state index contributed by atoms with van der Waals surface area (Å²) in [6, 6.07) is 5.41. The Labute approximate surface area is 187 Å². The summed E-state index contributed by atoms with van der Waals surface area (Å²) < 4.78 is 31.6. The Kier molecular flexibility index (Phi) is 4.99. The number of anilines is 3. The monoisotopic (exact) mass is 454 g/mol. The van der Waals surface area contributed by atoms with Crippen LogP contribution in [0.5, 0.6) is 0 Å². The highest BCUT2D eigenvalue weighted by Gasteiger charge is 2.31. The number of amides is 2. The van der Waals surface area contributed by atoms with Crippen LogP contribution in [0.4, 0.5) is 26.2 Å². The molecule has 5 rings (SSSR count). The number of hydrogen-bond donors (Lipinski definition) is 0. The van der Waals surface area contributed by atoms with Crippen molar-refractivity contribution in [2.75, 3.05) is 23.4 Å². The number of carbonyl (C=O) groups is 2. The summed E-state index contributed by atoms with van der Waals surface area (Å²) in [4.78, 5) is 36.3. The minimum absolute atomic E-state index is 0.156. The van der Waals surface area contributed by atoms with E-state index in [1.54, 1.807) is 11.7 Å². The molecular formula is C21H20F2N8O2. The van der Waals surface area contributed by atoms with E-state index in [4.69, 9.17) is 0 Å². The normalized spacial score (nSPS) is 18.1. The summed E-state index contributed by atoms with van der Waals surface area (Å²) in [6.07, 6.45) is 1.74. The highest BCUT2D eigenvalue weighted by Crippen LogP contribution is 2.32. The lowest BCUT2D eigenvalue weighted by Gasteiger charge is -2.17. The third kappa shape index (κ3) is 3.56. The van der Waals surface area contributed by atoms with Crippen molar-refractivity contribution in [2.24, 2.45) is 10.9 Å². The maximum atomic E-state index is 14.2. The lowest BCUT2D eigenvalue weighted by Crippen LogP contribution is -2.32. The average Bonchev–Trinajstić information content (AvgIpc) is 3.45. The van der Waals surface area contributed by atoms with Crippen LogP contribution < -0.4 is 9.80 Å². The van der Waals surface area contributed by atoms with Crippen LogP contribution in [0.3, 0.4) is 0 Å². The van der Waals surface area contributed by atoms with Crippen molar-refractivity contribution in [3.8, 4) is 0 Å². The van der Waals surface area contributed by atoms with Gasteiger partial charge in [-0.15, -0.1) is 5.10 Å². The predicted molar refractivity (Wildman–Crippen MR) is 115 cm³/mol. The molecule has 2 aromatic heterocycles. The van der Waals surface area contributed by atoms with Crippen molar-refractivity contribution < 1.29 is 18.4 Å². The maximum absolute atomic E-state index is 14.2. The van der Waals surface area contributed by atoms with Crippen LogP contribution in [0.1, 0.15) is 22.7 Å². The van der Waals surface area contributed by atoms with E-state index in [9.17, 15) is 18.4 Å². The van der Waals surface area contributed by atoms with E-state index in [-0.39, 0.29) is 29.9 Å². The van der Waals surface area contributed by atoms with E-state index in [1.165, 1.54) is 26.8 Å².